The molecule has 2 N–H and O–H groups in total. The second-order valence-corrected chi connectivity index (χ2v) is 5.23. The molecule has 0 bridgehead atoms. The summed E-state index contributed by atoms with van der Waals surface area (Å²) in [6, 6.07) is 0. The van der Waals surface area contributed by atoms with Crippen LogP contribution in [0.4, 0.5) is 5.69 Å². The highest BCUT2D eigenvalue weighted by Crippen LogP contribution is 2.21. The third-order valence-corrected chi connectivity index (χ3v) is 3.05. The number of sulfone groups is 1. The Morgan fingerprint density at radius 3 is 2.50 bits per heavy atom. The van der Waals surface area contributed by atoms with Crippen molar-refractivity contribution in [2.75, 3.05) is 12.0 Å². The van der Waals surface area contributed by atoms with Crippen LogP contribution in [0.5, 0.6) is 0 Å². The predicted molar refractivity (Wildman–Crippen MR) is 54.8 cm³/mol. The van der Waals surface area contributed by atoms with Crippen LogP contribution in [0.2, 0.25) is 0 Å². The summed E-state index contributed by atoms with van der Waals surface area (Å²) in [4.78, 5) is 0. The van der Waals surface area contributed by atoms with E-state index in [4.69, 9.17) is 5.73 Å². The summed E-state index contributed by atoms with van der Waals surface area (Å²) >= 11 is 0. The number of nitrogens with two attached hydrogens (primary N) is 1. The first kappa shape index (κ1) is 11.0. The number of nitrogens with zero attached hydrogens (tertiary/aromatic N) is 2. The minimum atomic E-state index is -3.29. The van der Waals surface area contributed by atoms with E-state index in [1.165, 1.54) is 4.68 Å². The summed E-state index contributed by atoms with van der Waals surface area (Å²) in [5, 5.41) is 4.21. The lowest BCUT2D eigenvalue weighted by Gasteiger charge is -2.03. The molecule has 0 aromatic carbocycles. The van der Waals surface area contributed by atoms with E-state index in [9.17, 15) is 8.42 Å². The van der Waals surface area contributed by atoms with Crippen LogP contribution in [0.15, 0.2) is 5.03 Å². The van der Waals surface area contributed by atoms with Gasteiger partial charge >= 0.3 is 0 Å². The van der Waals surface area contributed by atoms with Gasteiger partial charge in [-0.05, 0) is 13.3 Å². The third-order valence-electron chi connectivity index (χ3n) is 1.91. The second kappa shape index (κ2) is 3.61. The van der Waals surface area contributed by atoms with E-state index in [1.807, 2.05) is 6.92 Å². The normalized spacial score (nSPS) is 11.9. The van der Waals surface area contributed by atoms with Gasteiger partial charge in [-0.3, -0.25) is 4.68 Å². The molecule has 0 radical (unpaired) electrons. The lowest BCUT2D eigenvalue weighted by atomic mass is 10.4. The van der Waals surface area contributed by atoms with Crippen molar-refractivity contribution in [2.24, 2.45) is 0 Å². The maximum atomic E-state index is 11.4. The van der Waals surface area contributed by atoms with Gasteiger partial charge in [-0.2, -0.15) is 5.10 Å². The highest BCUT2D eigenvalue weighted by Gasteiger charge is 2.20. The molecule has 0 atom stereocenters. The van der Waals surface area contributed by atoms with Gasteiger partial charge < -0.3 is 5.73 Å². The minimum Gasteiger partial charge on any atom is -0.395 e. The monoisotopic (exact) mass is 217 g/mol. The molecule has 1 heterocycles. The average molecular weight is 217 g/mol. The Morgan fingerprint density at radius 2 is 2.07 bits per heavy atom. The van der Waals surface area contributed by atoms with Crippen molar-refractivity contribution in [1.82, 2.24) is 9.78 Å². The molecule has 0 fully saturated rings. The Labute approximate surface area is 83.8 Å². The van der Waals surface area contributed by atoms with E-state index < -0.39 is 9.84 Å². The molecule has 1 aromatic rings. The molecule has 0 spiro atoms. The predicted octanol–water partition coefficient (Wildman–Crippen LogP) is 0.587. The first-order valence-corrected chi connectivity index (χ1v) is 6.30. The lowest BCUT2D eigenvalue weighted by molar-refractivity contribution is 0.532. The molecular weight excluding hydrogens is 202 g/mol. The van der Waals surface area contributed by atoms with Gasteiger partial charge in [-0.15, -0.1) is 0 Å². The first-order chi connectivity index (χ1) is 6.38. The number of rotatable bonds is 3. The van der Waals surface area contributed by atoms with Crippen LogP contribution in [0.3, 0.4) is 0 Å². The molecule has 0 aliphatic rings. The van der Waals surface area contributed by atoms with Gasteiger partial charge in [0, 0.05) is 12.8 Å². The zero-order chi connectivity index (χ0) is 10.9. The van der Waals surface area contributed by atoms with Gasteiger partial charge in [-0.1, -0.05) is 6.92 Å². The van der Waals surface area contributed by atoms with E-state index in [0.29, 0.717) is 12.2 Å². The quantitative estimate of drug-likeness (QED) is 0.803. The molecule has 0 unspecified atom stereocenters. The average Bonchev–Trinajstić information content (AvgIpc) is 2.27. The van der Waals surface area contributed by atoms with Crippen molar-refractivity contribution in [3.05, 3.63) is 5.69 Å². The minimum absolute atomic E-state index is 0.136. The SMILES string of the molecule is CCCn1nc(C)c(N)c1S(C)(=O)=O. The largest absolute Gasteiger partial charge is 0.395 e. The third kappa shape index (κ3) is 1.89. The summed E-state index contributed by atoms with van der Waals surface area (Å²) in [6.07, 6.45) is 1.97. The van der Waals surface area contributed by atoms with Crippen LogP contribution in [-0.4, -0.2) is 24.5 Å². The topological polar surface area (TPSA) is 78.0 Å². The smallest absolute Gasteiger partial charge is 0.194 e. The summed E-state index contributed by atoms with van der Waals surface area (Å²) < 4.78 is 24.3. The molecule has 5 nitrogen and oxygen atoms in total. The van der Waals surface area contributed by atoms with E-state index in [1.54, 1.807) is 6.92 Å². The molecule has 1 rings (SSSR count). The number of nitrogen functional groups attached to an aromatic ring is 1. The zero-order valence-electron chi connectivity index (χ0n) is 8.61. The standard InChI is InChI=1S/C8H15N3O2S/c1-4-5-11-8(14(3,12)13)7(9)6(2)10-11/h4-5,9H2,1-3H3. The lowest BCUT2D eigenvalue weighted by Crippen LogP contribution is -2.10. The first-order valence-electron chi connectivity index (χ1n) is 4.40. The molecule has 0 aliphatic heterocycles. The van der Waals surface area contributed by atoms with Crippen LogP contribution in [0.25, 0.3) is 0 Å². The summed E-state index contributed by atoms with van der Waals surface area (Å²) in [5.74, 6) is 0. The van der Waals surface area contributed by atoms with Crippen molar-refractivity contribution < 1.29 is 8.42 Å². The van der Waals surface area contributed by atoms with Crippen LogP contribution < -0.4 is 5.73 Å². The Hall–Kier alpha value is -1.04. The Bertz CT molecular complexity index is 434. The van der Waals surface area contributed by atoms with E-state index in [0.717, 1.165) is 12.7 Å². The van der Waals surface area contributed by atoms with E-state index in [2.05, 4.69) is 5.10 Å². The molecular formula is C8H15N3O2S. The zero-order valence-corrected chi connectivity index (χ0v) is 9.43. The fraction of sp³-hybridized carbons (Fsp3) is 0.625. The maximum absolute atomic E-state index is 11.4. The fourth-order valence-electron chi connectivity index (χ4n) is 1.33. The second-order valence-electron chi connectivity index (χ2n) is 3.30. The van der Waals surface area contributed by atoms with Crippen molar-refractivity contribution >= 4 is 15.5 Å². The highest BCUT2D eigenvalue weighted by atomic mass is 32.2. The highest BCUT2D eigenvalue weighted by molar-refractivity contribution is 7.90. The van der Waals surface area contributed by atoms with Crippen LogP contribution >= 0.6 is 0 Å². The van der Waals surface area contributed by atoms with Gasteiger partial charge in [0.1, 0.15) is 0 Å². The van der Waals surface area contributed by atoms with Crippen molar-refractivity contribution in [3.8, 4) is 0 Å². The Morgan fingerprint density at radius 1 is 1.50 bits per heavy atom. The number of aryl methyl sites for hydroxylation is 2. The van der Waals surface area contributed by atoms with E-state index in [-0.39, 0.29) is 10.7 Å². The Balaban J connectivity index is 3.38. The number of hydrogen-bond donors (Lipinski definition) is 1. The number of hydrogen-bond acceptors (Lipinski definition) is 4. The molecule has 14 heavy (non-hydrogen) atoms. The molecule has 1 aromatic heterocycles. The van der Waals surface area contributed by atoms with Crippen LogP contribution in [0.1, 0.15) is 19.0 Å². The molecule has 0 saturated carbocycles. The van der Waals surface area contributed by atoms with Gasteiger partial charge in [0.05, 0.1) is 11.4 Å². The molecule has 0 aliphatic carbocycles. The molecule has 0 amide bonds. The number of anilines is 1. The fourth-order valence-corrected chi connectivity index (χ4v) is 2.39. The molecule has 0 saturated heterocycles. The molecule has 6 heteroatoms. The molecule has 80 valence electrons. The van der Waals surface area contributed by atoms with Gasteiger partial charge in [0.2, 0.25) is 0 Å². The van der Waals surface area contributed by atoms with Gasteiger partial charge in [0.15, 0.2) is 14.9 Å². The van der Waals surface area contributed by atoms with Gasteiger partial charge in [-0.25, -0.2) is 8.42 Å². The van der Waals surface area contributed by atoms with Crippen LogP contribution in [0, 0.1) is 6.92 Å². The van der Waals surface area contributed by atoms with Crippen molar-refractivity contribution in [3.63, 3.8) is 0 Å². The summed E-state index contributed by atoms with van der Waals surface area (Å²) in [6.45, 7) is 4.23. The van der Waals surface area contributed by atoms with Crippen molar-refractivity contribution in [2.45, 2.75) is 31.8 Å². The summed E-state index contributed by atoms with van der Waals surface area (Å²) in [5.41, 5.74) is 6.49. The Kier molecular flexibility index (Phi) is 2.84. The van der Waals surface area contributed by atoms with Crippen molar-refractivity contribution in [1.29, 1.82) is 0 Å². The van der Waals surface area contributed by atoms with Gasteiger partial charge in [0.25, 0.3) is 0 Å². The maximum Gasteiger partial charge on any atom is 0.194 e. The van der Waals surface area contributed by atoms with Crippen LogP contribution in [-0.2, 0) is 16.4 Å². The number of aromatic nitrogens is 2. The van der Waals surface area contributed by atoms with E-state index >= 15 is 0 Å². The summed E-state index contributed by atoms with van der Waals surface area (Å²) in [7, 11) is -3.29.